The molecule has 2 aromatic carbocycles. The summed E-state index contributed by atoms with van der Waals surface area (Å²) in [5.41, 5.74) is 1.82. The highest BCUT2D eigenvalue weighted by Gasteiger charge is 2.23. The van der Waals surface area contributed by atoms with Crippen LogP contribution in [0.2, 0.25) is 0 Å². The number of aromatic hydroxyl groups is 1. The van der Waals surface area contributed by atoms with Gasteiger partial charge in [-0.1, -0.05) is 6.07 Å². The summed E-state index contributed by atoms with van der Waals surface area (Å²) in [7, 11) is 1.58. The molecule has 0 saturated heterocycles. The molecule has 0 radical (unpaired) electrons. The number of phenolic OH excluding ortho intramolecular Hbond substituents is 1. The summed E-state index contributed by atoms with van der Waals surface area (Å²) in [6, 6.07) is 9.98. The Hall–Kier alpha value is -2.95. The SMILES string of the molecule is CCOc1cc(C=C2COc3cc(O)ccc3C2=O)ccc1OC. The van der Waals surface area contributed by atoms with Gasteiger partial charge in [0.25, 0.3) is 0 Å². The highest BCUT2D eigenvalue weighted by Crippen LogP contribution is 2.32. The Balaban J connectivity index is 1.93. The zero-order valence-electron chi connectivity index (χ0n) is 13.5. The Morgan fingerprint density at radius 2 is 2.04 bits per heavy atom. The maximum absolute atomic E-state index is 12.6. The molecule has 1 N–H and O–H groups in total. The number of hydrogen-bond acceptors (Lipinski definition) is 5. The van der Waals surface area contributed by atoms with E-state index in [1.165, 1.54) is 12.1 Å². The molecule has 0 atom stereocenters. The number of ketones is 1. The number of phenols is 1. The second-order valence-electron chi connectivity index (χ2n) is 5.31. The van der Waals surface area contributed by atoms with Gasteiger partial charge >= 0.3 is 0 Å². The van der Waals surface area contributed by atoms with E-state index in [2.05, 4.69) is 0 Å². The Morgan fingerprint density at radius 3 is 2.79 bits per heavy atom. The summed E-state index contributed by atoms with van der Waals surface area (Å²) in [5, 5.41) is 9.47. The summed E-state index contributed by atoms with van der Waals surface area (Å²) in [4.78, 5) is 12.6. The zero-order chi connectivity index (χ0) is 17.1. The van der Waals surface area contributed by atoms with E-state index in [1.54, 1.807) is 25.3 Å². The molecule has 24 heavy (non-hydrogen) atoms. The standard InChI is InChI=1S/C19H18O5/c1-3-23-18-9-12(4-7-16(18)22-2)8-13-11-24-17-10-14(20)5-6-15(17)19(13)21/h4-10,20H,3,11H2,1-2H3. The van der Waals surface area contributed by atoms with Crippen LogP contribution in [-0.4, -0.2) is 31.2 Å². The summed E-state index contributed by atoms with van der Waals surface area (Å²) < 4.78 is 16.4. The first-order valence-corrected chi connectivity index (χ1v) is 7.64. The molecular formula is C19H18O5. The first kappa shape index (κ1) is 15.9. The van der Waals surface area contributed by atoms with Gasteiger partial charge in [0.15, 0.2) is 17.3 Å². The maximum atomic E-state index is 12.6. The zero-order valence-corrected chi connectivity index (χ0v) is 13.5. The summed E-state index contributed by atoms with van der Waals surface area (Å²) in [6.45, 7) is 2.58. The van der Waals surface area contributed by atoms with Crippen molar-refractivity contribution >= 4 is 11.9 Å². The van der Waals surface area contributed by atoms with Crippen LogP contribution in [-0.2, 0) is 0 Å². The third kappa shape index (κ3) is 3.06. The van der Waals surface area contributed by atoms with E-state index in [0.29, 0.717) is 35.0 Å². The Kier molecular flexibility index (Phi) is 4.42. The predicted octanol–water partition coefficient (Wildman–Crippen LogP) is 3.46. The predicted molar refractivity (Wildman–Crippen MR) is 90.1 cm³/mol. The van der Waals surface area contributed by atoms with E-state index < -0.39 is 0 Å². The third-order valence-corrected chi connectivity index (χ3v) is 3.71. The summed E-state index contributed by atoms with van der Waals surface area (Å²) in [6.07, 6.45) is 1.78. The minimum absolute atomic E-state index is 0.0745. The first-order valence-electron chi connectivity index (χ1n) is 7.64. The minimum Gasteiger partial charge on any atom is -0.508 e. The van der Waals surface area contributed by atoms with Crippen molar-refractivity contribution < 1.29 is 24.1 Å². The van der Waals surface area contributed by atoms with Crippen LogP contribution in [0.15, 0.2) is 42.0 Å². The van der Waals surface area contributed by atoms with E-state index in [1.807, 2.05) is 19.1 Å². The van der Waals surface area contributed by atoms with E-state index in [9.17, 15) is 9.90 Å². The molecule has 1 aliphatic heterocycles. The van der Waals surface area contributed by atoms with Gasteiger partial charge in [-0.25, -0.2) is 0 Å². The Labute approximate surface area is 140 Å². The average Bonchev–Trinajstić information content (AvgIpc) is 2.58. The molecule has 0 aliphatic carbocycles. The number of rotatable bonds is 4. The van der Waals surface area contributed by atoms with Gasteiger partial charge in [-0.3, -0.25) is 4.79 Å². The molecule has 0 spiro atoms. The molecule has 0 unspecified atom stereocenters. The van der Waals surface area contributed by atoms with Crippen molar-refractivity contribution in [3.05, 3.63) is 53.1 Å². The molecule has 0 fully saturated rings. The van der Waals surface area contributed by atoms with E-state index in [-0.39, 0.29) is 18.1 Å². The number of Topliss-reactive ketones (excluding diaryl/α,β-unsaturated/α-hetero) is 1. The quantitative estimate of drug-likeness (QED) is 0.872. The fraction of sp³-hybridized carbons (Fsp3) is 0.211. The van der Waals surface area contributed by atoms with Crippen molar-refractivity contribution in [3.63, 3.8) is 0 Å². The number of carbonyl (C=O) groups excluding carboxylic acids is 1. The molecule has 5 heteroatoms. The number of fused-ring (bicyclic) bond motifs is 1. The second-order valence-corrected chi connectivity index (χ2v) is 5.31. The van der Waals surface area contributed by atoms with E-state index in [4.69, 9.17) is 14.2 Å². The summed E-state index contributed by atoms with van der Waals surface area (Å²) in [5.74, 6) is 1.65. The van der Waals surface area contributed by atoms with Crippen molar-refractivity contribution in [1.29, 1.82) is 0 Å². The molecule has 0 saturated carbocycles. The highest BCUT2D eigenvalue weighted by atomic mass is 16.5. The molecule has 2 aromatic rings. The molecule has 5 nitrogen and oxygen atoms in total. The molecule has 1 heterocycles. The smallest absolute Gasteiger partial charge is 0.196 e. The number of ether oxygens (including phenoxy) is 3. The van der Waals surface area contributed by atoms with Crippen LogP contribution in [0.25, 0.3) is 6.08 Å². The van der Waals surface area contributed by atoms with E-state index in [0.717, 1.165) is 5.56 Å². The lowest BCUT2D eigenvalue weighted by atomic mass is 9.98. The van der Waals surface area contributed by atoms with Crippen LogP contribution >= 0.6 is 0 Å². The average molecular weight is 326 g/mol. The fourth-order valence-electron chi connectivity index (χ4n) is 2.57. The molecule has 0 amide bonds. The Bertz CT molecular complexity index is 807. The van der Waals surface area contributed by atoms with Crippen molar-refractivity contribution in [2.45, 2.75) is 6.92 Å². The second kappa shape index (κ2) is 6.66. The van der Waals surface area contributed by atoms with Gasteiger partial charge in [0.2, 0.25) is 0 Å². The van der Waals surface area contributed by atoms with Crippen LogP contribution in [0.5, 0.6) is 23.0 Å². The van der Waals surface area contributed by atoms with Crippen LogP contribution in [0, 0.1) is 0 Å². The maximum Gasteiger partial charge on any atom is 0.196 e. The number of hydrogen-bond donors (Lipinski definition) is 1. The lowest BCUT2D eigenvalue weighted by Gasteiger charge is -2.19. The number of carbonyl (C=O) groups is 1. The van der Waals surface area contributed by atoms with Gasteiger partial charge < -0.3 is 19.3 Å². The van der Waals surface area contributed by atoms with Gasteiger partial charge in [-0.05, 0) is 42.8 Å². The normalized spacial score (nSPS) is 14.9. The molecular weight excluding hydrogens is 308 g/mol. The van der Waals surface area contributed by atoms with Gasteiger partial charge in [-0.15, -0.1) is 0 Å². The van der Waals surface area contributed by atoms with Crippen LogP contribution in [0.4, 0.5) is 0 Å². The van der Waals surface area contributed by atoms with E-state index >= 15 is 0 Å². The Morgan fingerprint density at radius 1 is 1.21 bits per heavy atom. The molecule has 1 aliphatic rings. The largest absolute Gasteiger partial charge is 0.508 e. The van der Waals surface area contributed by atoms with Gasteiger partial charge in [0.1, 0.15) is 18.1 Å². The molecule has 124 valence electrons. The fourth-order valence-corrected chi connectivity index (χ4v) is 2.57. The van der Waals surface area contributed by atoms with Crippen molar-refractivity contribution in [2.24, 2.45) is 0 Å². The van der Waals surface area contributed by atoms with Gasteiger partial charge in [-0.2, -0.15) is 0 Å². The van der Waals surface area contributed by atoms with Crippen LogP contribution < -0.4 is 14.2 Å². The highest BCUT2D eigenvalue weighted by molar-refractivity contribution is 6.14. The van der Waals surface area contributed by atoms with Crippen molar-refractivity contribution in [2.75, 3.05) is 20.3 Å². The first-order chi connectivity index (χ1) is 11.6. The topological polar surface area (TPSA) is 65.0 Å². The number of benzene rings is 2. The lowest BCUT2D eigenvalue weighted by Crippen LogP contribution is -2.18. The monoisotopic (exact) mass is 326 g/mol. The number of methoxy groups -OCH3 is 1. The third-order valence-electron chi connectivity index (χ3n) is 3.71. The van der Waals surface area contributed by atoms with Gasteiger partial charge in [0.05, 0.1) is 19.3 Å². The van der Waals surface area contributed by atoms with Crippen molar-refractivity contribution in [3.8, 4) is 23.0 Å². The molecule has 0 aromatic heterocycles. The lowest BCUT2D eigenvalue weighted by molar-refractivity contribution is 0.100. The molecule has 0 bridgehead atoms. The van der Waals surface area contributed by atoms with Crippen LogP contribution in [0.3, 0.4) is 0 Å². The molecule has 3 rings (SSSR count). The van der Waals surface area contributed by atoms with Crippen molar-refractivity contribution in [1.82, 2.24) is 0 Å². The summed E-state index contributed by atoms with van der Waals surface area (Å²) >= 11 is 0. The minimum atomic E-state index is -0.106. The van der Waals surface area contributed by atoms with Crippen LogP contribution in [0.1, 0.15) is 22.8 Å². The van der Waals surface area contributed by atoms with Gasteiger partial charge in [0, 0.05) is 11.6 Å².